The van der Waals surface area contributed by atoms with E-state index in [1.165, 1.54) is 5.56 Å². The number of methoxy groups -OCH3 is 1. The standard InChI is InChI=1S/C21H22N4O2/c1-27-17-9-7-16(8-10-17)22-21-23-19-11-12-25(14-18(19)20(26)24-21)13-15-5-3-2-4-6-15/h2-10H,11-14H2,1H3,(H2,22,23,24,26). The third-order valence-corrected chi connectivity index (χ3v) is 4.75. The summed E-state index contributed by atoms with van der Waals surface area (Å²) in [6.07, 6.45) is 0.767. The Morgan fingerprint density at radius 1 is 1.15 bits per heavy atom. The van der Waals surface area contributed by atoms with Crippen LogP contribution in [0, 0.1) is 0 Å². The van der Waals surface area contributed by atoms with Crippen LogP contribution in [0.5, 0.6) is 5.75 Å². The predicted molar refractivity (Wildman–Crippen MR) is 105 cm³/mol. The number of aromatic nitrogens is 2. The predicted octanol–water partition coefficient (Wildman–Crippen LogP) is 3.08. The molecular formula is C21H22N4O2. The Bertz CT molecular complexity index is 968. The maximum Gasteiger partial charge on any atom is 0.257 e. The van der Waals surface area contributed by atoms with Crippen molar-refractivity contribution in [1.82, 2.24) is 14.9 Å². The zero-order valence-electron chi connectivity index (χ0n) is 15.2. The van der Waals surface area contributed by atoms with Gasteiger partial charge in [0.15, 0.2) is 0 Å². The van der Waals surface area contributed by atoms with Crippen molar-refractivity contribution in [3.8, 4) is 5.75 Å². The zero-order chi connectivity index (χ0) is 18.6. The quantitative estimate of drug-likeness (QED) is 0.730. The fraction of sp³-hybridized carbons (Fsp3) is 0.238. The van der Waals surface area contributed by atoms with Crippen molar-refractivity contribution < 1.29 is 4.74 Å². The summed E-state index contributed by atoms with van der Waals surface area (Å²) in [5.41, 5.74) is 3.66. The minimum atomic E-state index is -0.0752. The molecule has 0 unspecified atom stereocenters. The van der Waals surface area contributed by atoms with E-state index in [1.54, 1.807) is 7.11 Å². The maximum atomic E-state index is 12.6. The van der Waals surface area contributed by atoms with E-state index < -0.39 is 0 Å². The van der Waals surface area contributed by atoms with Crippen molar-refractivity contribution in [1.29, 1.82) is 0 Å². The molecule has 1 aliphatic rings. The molecule has 1 aromatic heterocycles. The third kappa shape index (κ3) is 4.01. The Morgan fingerprint density at radius 3 is 2.67 bits per heavy atom. The molecule has 0 spiro atoms. The zero-order valence-corrected chi connectivity index (χ0v) is 15.2. The number of benzene rings is 2. The van der Waals surface area contributed by atoms with E-state index in [-0.39, 0.29) is 5.56 Å². The van der Waals surface area contributed by atoms with Gasteiger partial charge >= 0.3 is 0 Å². The first-order valence-electron chi connectivity index (χ1n) is 9.01. The lowest BCUT2D eigenvalue weighted by Gasteiger charge is -2.27. The summed E-state index contributed by atoms with van der Waals surface area (Å²) >= 11 is 0. The van der Waals surface area contributed by atoms with Gasteiger partial charge in [-0.3, -0.25) is 14.7 Å². The second-order valence-electron chi connectivity index (χ2n) is 6.64. The molecule has 2 heterocycles. The number of nitrogens with zero attached hydrogens (tertiary/aromatic N) is 2. The Hall–Kier alpha value is -3.12. The van der Waals surface area contributed by atoms with Gasteiger partial charge in [0.05, 0.1) is 18.4 Å². The molecule has 0 amide bonds. The summed E-state index contributed by atoms with van der Waals surface area (Å²) in [5, 5.41) is 3.16. The second kappa shape index (κ2) is 7.63. The average Bonchev–Trinajstić information content (AvgIpc) is 2.70. The van der Waals surface area contributed by atoms with Gasteiger partial charge in [-0.2, -0.15) is 0 Å². The summed E-state index contributed by atoms with van der Waals surface area (Å²) in [6, 6.07) is 17.8. The number of H-pyrrole nitrogens is 1. The highest BCUT2D eigenvalue weighted by atomic mass is 16.5. The minimum Gasteiger partial charge on any atom is -0.497 e. The van der Waals surface area contributed by atoms with E-state index in [9.17, 15) is 4.79 Å². The first kappa shape index (κ1) is 17.3. The number of aromatic amines is 1. The lowest BCUT2D eigenvalue weighted by atomic mass is 10.1. The number of anilines is 2. The number of ether oxygens (including phenoxy) is 1. The molecule has 1 aliphatic heterocycles. The molecule has 6 nitrogen and oxygen atoms in total. The summed E-state index contributed by atoms with van der Waals surface area (Å²) in [6.45, 7) is 2.35. The van der Waals surface area contributed by atoms with Crippen molar-refractivity contribution in [2.24, 2.45) is 0 Å². The second-order valence-corrected chi connectivity index (χ2v) is 6.64. The van der Waals surface area contributed by atoms with Crippen molar-refractivity contribution in [2.75, 3.05) is 19.0 Å². The van der Waals surface area contributed by atoms with Gasteiger partial charge in [0.2, 0.25) is 5.95 Å². The molecule has 0 radical (unpaired) electrons. The molecule has 0 saturated carbocycles. The van der Waals surface area contributed by atoms with Crippen LogP contribution >= 0.6 is 0 Å². The average molecular weight is 362 g/mol. The molecule has 0 aliphatic carbocycles. The smallest absolute Gasteiger partial charge is 0.257 e. The molecule has 0 fully saturated rings. The summed E-state index contributed by atoms with van der Waals surface area (Å²) in [4.78, 5) is 22.4. The Labute approximate surface area is 157 Å². The third-order valence-electron chi connectivity index (χ3n) is 4.75. The van der Waals surface area contributed by atoms with Gasteiger partial charge in [-0.25, -0.2) is 4.98 Å². The topological polar surface area (TPSA) is 70.2 Å². The Morgan fingerprint density at radius 2 is 1.93 bits per heavy atom. The molecule has 3 aromatic rings. The van der Waals surface area contributed by atoms with Gasteiger partial charge in [0, 0.05) is 31.7 Å². The van der Waals surface area contributed by atoms with E-state index in [0.29, 0.717) is 12.5 Å². The van der Waals surface area contributed by atoms with Crippen LogP contribution < -0.4 is 15.6 Å². The van der Waals surface area contributed by atoms with Gasteiger partial charge < -0.3 is 10.1 Å². The van der Waals surface area contributed by atoms with Crippen LogP contribution in [-0.4, -0.2) is 28.5 Å². The fourth-order valence-electron chi connectivity index (χ4n) is 3.33. The molecule has 138 valence electrons. The molecule has 2 aromatic carbocycles. The maximum absolute atomic E-state index is 12.6. The normalized spacial score (nSPS) is 13.8. The number of nitrogens with one attached hydrogen (secondary N) is 2. The van der Waals surface area contributed by atoms with E-state index in [2.05, 4.69) is 32.3 Å². The number of hydrogen-bond acceptors (Lipinski definition) is 5. The van der Waals surface area contributed by atoms with Crippen molar-refractivity contribution in [3.05, 3.63) is 81.8 Å². The molecule has 6 heteroatoms. The van der Waals surface area contributed by atoms with E-state index in [0.717, 1.165) is 42.2 Å². The van der Waals surface area contributed by atoms with Crippen LogP contribution in [0.15, 0.2) is 59.4 Å². The van der Waals surface area contributed by atoms with Crippen LogP contribution in [0.2, 0.25) is 0 Å². The SMILES string of the molecule is COc1ccc(Nc2nc3c(c(=O)[nH]2)CN(Cc2ccccc2)CC3)cc1. The highest BCUT2D eigenvalue weighted by molar-refractivity contribution is 5.54. The summed E-state index contributed by atoms with van der Waals surface area (Å²) < 4.78 is 5.16. The number of hydrogen-bond donors (Lipinski definition) is 2. The van der Waals surface area contributed by atoms with Crippen molar-refractivity contribution in [3.63, 3.8) is 0 Å². The molecule has 4 rings (SSSR count). The van der Waals surface area contributed by atoms with Gasteiger partial charge in [0.1, 0.15) is 5.75 Å². The number of rotatable bonds is 5. The van der Waals surface area contributed by atoms with Crippen LogP contribution in [0.25, 0.3) is 0 Å². The van der Waals surface area contributed by atoms with E-state index >= 15 is 0 Å². The molecule has 0 saturated heterocycles. The van der Waals surface area contributed by atoms with Gasteiger partial charge in [-0.05, 0) is 29.8 Å². The van der Waals surface area contributed by atoms with Crippen molar-refractivity contribution >= 4 is 11.6 Å². The van der Waals surface area contributed by atoms with Gasteiger partial charge in [-0.1, -0.05) is 30.3 Å². The first-order chi connectivity index (χ1) is 13.2. The first-order valence-corrected chi connectivity index (χ1v) is 9.01. The minimum absolute atomic E-state index is 0.0752. The van der Waals surface area contributed by atoms with Crippen LogP contribution in [0.3, 0.4) is 0 Å². The monoisotopic (exact) mass is 362 g/mol. The lowest BCUT2D eigenvalue weighted by molar-refractivity contribution is 0.242. The van der Waals surface area contributed by atoms with Crippen LogP contribution in [0.1, 0.15) is 16.8 Å². The number of fused-ring (bicyclic) bond motifs is 1. The highest BCUT2D eigenvalue weighted by Gasteiger charge is 2.21. The fourth-order valence-corrected chi connectivity index (χ4v) is 3.33. The highest BCUT2D eigenvalue weighted by Crippen LogP contribution is 2.20. The Balaban J connectivity index is 1.49. The van der Waals surface area contributed by atoms with Gasteiger partial charge in [0.25, 0.3) is 5.56 Å². The molecule has 2 N–H and O–H groups in total. The summed E-state index contributed by atoms with van der Waals surface area (Å²) in [5.74, 6) is 1.26. The van der Waals surface area contributed by atoms with E-state index in [1.807, 2.05) is 42.5 Å². The van der Waals surface area contributed by atoms with Crippen LogP contribution in [-0.2, 0) is 19.5 Å². The molecule has 27 heavy (non-hydrogen) atoms. The molecule has 0 atom stereocenters. The Kier molecular flexibility index (Phi) is 4.89. The lowest BCUT2D eigenvalue weighted by Crippen LogP contribution is -2.35. The van der Waals surface area contributed by atoms with E-state index in [4.69, 9.17) is 4.74 Å². The van der Waals surface area contributed by atoms with Crippen molar-refractivity contribution in [2.45, 2.75) is 19.5 Å². The largest absolute Gasteiger partial charge is 0.497 e. The summed E-state index contributed by atoms with van der Waals surface area (Å²) in [7, 11) is 1.63. The molecule has 0 bridgehead atoms. The molecular weight excluding hydrogens is 340 g/mol. The van der Waals surface area contributed by atoms with Gasteiger partial charge in [-0.15, -0.1) is 0 Å². The van der Waals surface area contributed by atoms with Crippen LogP contribution in [0.4, 0.5) is 11.6 Å².